The average Bonchev–Trinajstić information content (AvgIpc) is 2.77. The second-order valence-corrected chi connectivity index (χ2v) is 6.58. The zero-order valence-electron chi connectivity index (χ0n) is 16.3. The SMILES string of the molecule is O=[N+]([O-])OC(=Cc1ccccc1)[C@](O)([C@@H](O)[C@H](O)[C@H](O)C(O)=Cc1ccccc1)[N+](=O)[O-]. The lowest BCUT2D eigenvalue weighted by Crippen LogP contribution is -2.59. The largest absolute Gasteiger partial charge is 0.509 e. The van der Waals surface area contributed by atoms with Gasteiger partial charge < -0.3 is 25.5 Å². The number of aliphatic hydroxyl groups excluding tert-OH is 4. The van der Waals surface area contributed by atoms with E-state index in [-0.39, 0.29) is 5.56 Å². The van der Waals surface area contributed by atoms with Gasteiger partial charge in [-0.05, 0) is 23.3 Å². The molecule has 0 saturated carbocycles. The average molecular weight is 448 g/mol. The van der Waals surface area contributed by atoms with Crippen LogP contribution in [0.5, 0.6) is 0 Å². The Morgan fingerprint density at radius 2 is 1.38 bits per heavy atom. The fourth-order valence-electron chi connectivity index (χ4n) is 2.72. The van der Waals surface area contributed by atoms with Crippen molar-refractivity contribution in [3.8, 4) is 0 Å². The number of nitro groups is 1. The molecule has 12 heteroatoms. The van der Waals surface area contributed by atoms with E-state index in [2.05, 4.69) is 4.84 Å². The Labute approximate surface area is 180 Å². The summed E-state index contributed by atoms with van der Waals surface area (Å²) in [6.45, 7) is 0. The van der Waals surface area contributed by atoms with Crippen molar-refractivity contribution >= 4 is 12.2 Å². The van der Waals surface area contributed by atoms with Crippen LogP contribution in [0.4, 0.5) is 0 Å². The molecule has 0 saturated heterocycles. The summed E-state index contributed by atoms with van der Waals surface area (Å²) in [5.74, 6) is -2.23. The third-order valence-electron chi connectivity index (χ3n) is 4.39. The molecule has 12 nitrogen and oxygen atoms in total. The molecule has 0 aliphatic heterocycles. The molecule has 0 unspecified atom stereocenters. The Morgan fingerprint density at radius 1 is 0.906 bits per heavy atom. The highest BCUT2D eigenvalue weighted by Crippen LogP contribution is 2.29. The van der Waals surface area contributed by atoms with E-state index in [1.165, 1.54) is 36.4 Å². The minimum absolute atomic E-state index is 0.124. The summed E-state index contributed by atoms with van der Waals surface area (Å²) in [6, 6.07) is 15.3. The highest BCUT2D eigenvalue weighted by Gasteiger charge is 2.58. The van der Waals surface area contributed by atoms with Gasteiger partial charge in [0, 0.05) is 0 Å². The molecule has 32 heavy (non-hydrogen) atoms. The van der Waals surface area contributed by atoms with Crippen LogP contribution in [0.15, 0.2) is 72.2 Å². The predicted molar refractivity (Wildman–Crippen MR) is 110 cm³/mol. The zero-order valence-corrected chi connectivity index (χ0v) is 16.3. The number of nitrogens with zero attached hydrogens (tertiary/aromatic N) is 2. The molecule has 4 atom stereocenters. The maximum Gasteiger partial charge on any atom is 0.398 e. The molecule has 170 valence electrons. The molecule has 0 aliphatic rings. The Kier molecular flexibility index (Phi) is 7.98. The molecule has 0 aliphatic carbocycles. The minimum atomic E-state index is -3.77. The topological polar surface area (TPSA) is 197 Å². The Balaban J connectivity index is 2.44. The lowest BCUT2D eigenvalue weighted by Gasteiger charge is -2.30. The third kappa shape index (κ3) is 5.65. The molecule has 0 amide bonds. The van der Waals surface area contributed by atoms with Crippen molar-refractivity contribution in [2.45, 2.75) is 24.0 Å². The van der Waals surface area contributed by atoms with Crippen molar-refractivity contribution in [1.82, 2.24) is 0 Å². The Bertz CT molecular complexity index is 996. The van der Waals surface area contributed by atoms with Crippen LogP contribution in [-0.2, 0) is 4.84 Å². The first-order valence-corrected chi connectivity index (χ1v) is 9.03. The summed E-state index contributed by atoms with van der Waals surface area (Å²) >= 11 is 0. The molecule has 2 rings (SSSR count). The van der Waals surface area contributed by atoms with E-state index in [1.807, 2.05) is 0 Å². The standard InChI is InChI=1S/C20H20N2O10/c23-15(11-13-7-3-1-4-8-13)17(24)18(25)19(26)20(27,21(28)29)16(32-22(30)31)12-14-9-5-2-6-10-14/h1-12,17-19,23-27H/t17-,18-,19+,20+/m1/s1. The summed E-state index contributed by atoms with van der Waals surface area (Å²) in [4.78, 5) is 25.1. The van der Waals surface area contributed by atoms with Gasteiger partial charge in [0.05, 0.1) is 4.92 Å². The molecule has 2 aromatic rings. The molecule has 0 radical (unpaired) electrons. The first kappa shape index (κ1) is 24.4. The number of hydrogen-bond acceptors (Lipinski definition) is 10. The van der Waals surface area contributed by atoms with Gasteiger partial charge in [-0.1, -0.05) is 60.7 Å². The predicted octanol–water partition coefficient (Wildman–Crippen LogP) is 0.883. The van der Waals surface area contributed by atoms with Gasteiger partial charge >= 0.3 is 5.72 Å². The van der Waals surface area contributed by atoms with Gasteiger partial charge in [0.25, 0.3) is 5.09 Å². The second kappa shape index (κ2) is 10.5. The van der Waals surface area contributed by atoms with Gasteiger partial charge in [0.2, 0.25) is 5.76 Å². The Hall–Kier alpha value is -3.84. The fraction of sp³-hybridized carbons (Fsp3) is 0.200. The van der Waals surface area contributed by atoms with Crippen molar-refractivity contribution in [1.29, 1.82) is 0 Å². The van der Waals surface area contributed by atoms with E-state index in [9.17, 15) is 45.8 Å². The summed E-state index contributed by atoms with van der Waals surface area (Å²) < 4.78 is 0. The van der Waals surface area contributed by atoms with Crippen LogP contribution in [0.3, 0.4) is 0 Å². The molecular weight excluding hydrogens is 428 g/mol. The van der Waals surface area contributed by atoms with E-state index in [1.54, 1.807) is 24.3 Å². The maximum absolute atomic E-state index is 11.6. The molecule has 0 aromatic heterocycles. The van der Waals surface area contributed by atoms with Crippen molar-refractivity contribution in [2.75, 3.05) is 0 Å². The van der Waals surface area contributed by atoms with Crippen LogP contribution < -0.4 is 0 Å². The Morgan fingerprint density at radius 3 is 1.81 bits per heavy atom. The van der Waals surface area contributed by atoms with Crippen LogP contribution in [-0.4, -0.2) is 59.6 Å². The molecule has 0 spiro atoms. The fourth-order valence-corrected chi connectivity index (χ4v) is 2.72. The molecule has 2 aromatic carbocycles. The lowest BCUT2D eigenvalue weighted by molar-refractivity contribution is -0.759. The van der Waals surface area contributed by atoms with Crippen LogP contribution in [0.1, 0.15) is 11.1 Å². The normalized spacial score (nSPS) is 17.0. The van der Waals surface area contributed by atoms with Crippen molar-refractivity contribution in [3.63, 3.8) is 0 Å². The van der Waals surface area contributed by atoms with Crippen LogP contribution in [0, 0.1) is 20.2 Å². The van der Waals surface area contributed by atoms with Crippen LogP contribution in [0.25, 0.3) is 12.2 Å². The van der Waals surface area contributed by atoms with Gasteiger partial charge in [-0.3, -0.25) is 15.0 Å². The van der Waals surface area contributed by atoms with E-state index in [4.69, 9.17) is 0 Å². The minimum Gasteiger partial charge on any atom is -0.509 e. The number of rotatable bonds is 10. The van der Waals surface area contributed by atoms with Crippen molar-refractivity contribution in [2.24, 2.45) is 0 Å². The van der Waals surface area contributed by atoms with Crippen molar-refractivity contribution < 1.29 is 40.4 Å². The van der Waals surface area contributed by atoms with Gasteiger partial charge in [-0.25, -0.2) is 0 Å². The summed E-state index contributed by atoms with van der Waals surface area (Å²) in [5, 5.41) is 72.5. The second-order valence-electron chi connectivity index (χ2n) is 6.58. The van der Waals surface area contributed by atoms with E-state index in [0.29, 0.717) is 11.6 Å². The highest BCUT2D eigenvalue weighted by molar-refractivity contribution is 5.53. The summed E-state index contributed by atoms with van der Waals surface area (Å²) in [5.41, 5.74) is -3.26. The maximum atomic E-state index is 11.6. The first-order valence-electron chi connectivity index (χ1n) is 9.03. The number of aliphatic hydroxyl groups is 5. The van der Waals surface area contributed by atoms with Crippen LogP contribution in [0.2, 0.25) is 0 Å². The van der Waals surface area contributed by atoms with E-state index < -0.39 is 45.6 Å². The number of hydrogen-bond donors (Lipinski definition) is 5. The zero-order chi connectivity index (χ0) is 23.9. The van der Waals surface area contributed by atoms with Gasteiger partial charge in [-0.2, -0.15) is 0 Å². The molecule has 0 fully saturated rings. The van der Waals surface area contributed by atoms with Gasteiger partial charge in [0.15, 0.2) is 6.10 Å². The lowest BCUT2D eigenvalue weighted by atomic mass is 9.94. The first-order chi connectivity index (χ1) is 15.1. The highest BCUT2D eigenvalue weighted by atomic mass is 17.0. The summed E-state index contributed by atoms with van der Waals surface area (Å²) in [7, 11) is 0. The molecule has 5 N–H and O–H groups in total. The quantitative estimate of drug-likeness (QED) is 0.151. The van der Waals surface area contributed by atoms with Crippen LogP contribution >= 0.6 is 0 Å². The van der Waals surface area contributed by atoms with Gasteiger partial charge in [-0.15, -0.1) is 10.1 Å². The van der Waals surface area contributed by atoms with Gasteiger partial charge in [0.1, 0.15) is 18.0 Å². The molecular formula is C20H20N2O10. The summed E-state index contributed by atoms with van der Waals surface area (Å²) in [6.07, 6.45) is -5.99. The number of benzene rings is 2. The van der Waals surface area contributed by atoms with Crippen molar-refractivity contribution in [3.05, 3.63) is 104 Å². The molecule has 0 heterocycles. The van der Waals surface area contributed by atoms with E-state index in [0.717, 1.165) is 6.08 Å². The van der Waals surface area contributed by atoms with E-state index >= 15 is 0 Å². The molecule has 0 bridgehead atoms. The monoisotopic (exact) mass is 448 g/mol. The third-order valence-corrected chi connectivity index (χ3v) is 4.39. The smallest absolute Gasteiger partial charge is 0.398 e.